The molecule has 4 N–H and O–H groups in total. The van der Waals surface area contributed by atoms with Crippen LogP contribution in [0.3, 0.4) is 0 Å². The van der Waals surface area contributed by atoms with Crippen LogP contribution in [0.15, 0.2) is 28.2 Å². The van der Waals surface area contributed by atoms with E-state index in [0.717, 1.165) is 44.5 Å². The zero-order valence-electron chi connectivity index (χ0n) is 14.2. The second kappa shape index (κ2) is 11.0. The number of alkyl halides is 3. The molecule has 0 aliphatic carbocycles. The van der Waals surface area contributed by atoms with Crippen LogP contribution in [0.5, 0.6) is 5.75 Å². The van der Waals surface area contributed by atoms with Crippen molar-refractivity contribution in [2.24, 2.45) is 21.5 Å². The highest BCUT2D eigenvalue weighted by Gasteiger charge is 2.32. The van der Waals surface area contributed by atoms with E-state index in [4.69, 9.17) is 11.5 Å². The largest absolute Gasteiger partial charge is 0.573 e. The monoisotopic (exact) mass is 433 g/mol. The molecule has 154 valence electrons. The van der Waals surface area contributed by atoms with Gasteiger partial charge in [-0.1, -0.05) is 6.07 Å². The number of hydrogen-bond donors (Lipinski definition) is 2. The molecule has 12 heteroatoms. The van der Waals surface area contributed by atoms with Crippen LogP contribution in [0.4, 0.5) is 17.6 Å². The molecule has 1 saturated heterocycles. The van der Waals surface area contributed by atoms with E-state index < -0.39 is 17.9 Å². The molecule has 0 bridgehead atoms. The number of hydrogen-bond acceptors (Lipinski definition) is 2. The number of piperidine rings is 1. The van der Waals surface area contributed by atoms with E-state index >= 15 is 0 Å². The lowest BCUT2D eigenvalue weighted by Crippen LogP contribution is -2.41. The molecular formula is C15H21Cl2F4N5O. The minimum Gasteiger partial charge on any atom is -0.403 e. The van der Waals surface area contributed by atoms with Crippen LogP contribution >= 0.6 is 24.8 Å². The number of nitrogens with two attached hydrogens (primary N) is 2. The van der Waals surface area contributed by atoms with E-state index in [9.17, 15) is 17.6 Å². The predicted molar refractivity (Wildman–Crippen MR) is 100.0 cm³/mol. The second-order valence-corrected chi connectivity index (χ2v) is 5.50. The quantitative estimate of drug-likeness (QED) is 0.435. The Labute approximate surface area is 166 Å². The molecule has 0 unspecified atom stereocenters. The first-order chi connectivity index (χ1) is 11.7. The number of rotatable bonds is 3. The highest BCUT2D eigenvalue weighted by molar-refractivity contribution is 5.93. The van der Waals surface area contributed by atoms with E-state index in [0.29, 0.717) is 0 Å². The Kier molecular flexibility index (Phi) is 10.2. The summed E-state index contributed by atoms with van der Waals surface area (Å²) in [5.41, 5.74) is 11.8. The zero-order valence-corrected chi connectivity index (χ0v) is 15.8. The van der Waals surface area contributed by atoms with E-state index in [1.807, 2.05) is 4.90 Å². The lowest BCUT2D eigenvalue weighted by atomic mass is 10.1. The molecule has 0 radical (unpaired) electrons. The summed E-state index contributed by atoms with van der Waals surface area (Å²) in [5.74, 6) is -1.90. The molecule has 2 rings (SSSR count). The Morgan fingerprint density at radius 2 is 1.74 bits per heavy atom. The Bertz CT molecular complexity index is 664. The van der Waals surface area contributed by atoms with Gasteiger partial charge in [-0.2, -0.15) is 4.99 Å². The summed E-state index contributed by atoms with van der Waals surface area (Å²) in [4.78, 5) is 9.80. The molecule has 1 aliphatic rings. The summed E-state index contributed by atoms with van der Waals surface area (Å²) in [6.45, 7) is 1.49. The molecule has 0 aromatic heterocycles. The number of aliphatic imine (C=N–C) groups is 2. The molecule has 1 fully saturated rings. The van der Waals surface area contributed by atoms with Crippen molar-refractivity contribution in [1.29, 1.82) is 0 Å². The SMILES string of the molecule is Cl.Cl.NC(=NCc1ccc(F)c(OC(F)(F)F)c1)/N=C(/N)N1CCCCC1. The van der Waals surface area contributed by atoms with E-state index in [2.05, 4.69) is 14.7 Å². The molecule has 6 nitrogen and oxygen atoms in total. The first-order valence-corrected chi connectivity index (χ1v) is 7.68. The minimum absolute atomic E-state index is 0. The van der Waals surface area contributed by atoms with Crippen LogP contribution in [0.25, 0.3) is 0 Å². The summed E-state index contributed by atoms with van der Waals surface area (Å²) in [5, 5.41) is 0. The molecule has 27 heavy (non-hydrogen) atoms. The predicted octanol–water partition coefficient (Wildman–Crippen LogP) is 3.18. The van der Waals surface area contributed by atoms with Crippen molar-refractivity contribution in [1.82, 2.24) is 4.90 Å². The fraction of sp³-hybridized carbons (Fsp3) is 0.467. The zero-order chi connectivity index (χ0) is 18.4. The Hall–Kier alpha value is -1.94. The molecular weight excluding hydrogens is 413 g/mol. The van der Waals surface area contributed by atoms with Gasteiger partial charge in [0.2, 0.25) is 5.96 Å². The average molecular weight is 434 g/mol. The molecule has 0 spiro atoms. The third-order valence-corrected chi connectivity index (χ3v) is 3.55. The normalized spacial score (nSPS) is 15.6. The summed E-state index contributed by atoms with van der Waals surface area (Å²) < 4.78 is 53.6. The molecule has 0 saturated carbocycles. The van der Waals surface area contributed by atoms with E-state index in [1.54, 1.807) is 0 Å². The van der Waals surface area contributed by atoms with Gasteiger partial charge in [0.05, 0.1) is 6.54 Å². The number of benzene rings is 1. The van der Waals surface area contributed by atoms with Crippen LogP contribution in [0.1, 0.15) is 24.8 Å². The Morgan fingerprint density at radius 3 is 2.33 bits per heavy atom. The van der Waals surface area contributed by atoms with E-state index in [1.165, 1.54) is 6.07 Å². The smallest absolute Gasteiger partial charge is 0.403 e. The van der Waals surface area contributed by atoms with Gasteiger partial charge in [0.1, 0.15) is 0 Å². The second-order valence-electron chi connectivity index (χ2n) is 5.50. The maximum atomic E-state index is 13.3. The standard InChI is InChI=1S/C15H19F4N5O.2ClH/c16-11-5-4-10(8-12(11)25-15(17,18)19)9-22-13(20)23-14(21)24-6-2-1-3-7-24;;/h4-5,8H,1-3,6-7,9H2,(H4,20,21,22,23);2*1H. The first kappa shape index (κ1) is 25.1. The third-order valence-electron chi connectivity index (χ3n) is 3.55. The maximum absolute atomic E-state index is 13.3. The fourth-order valence-corrected chi connectivity index (χ4v) is 2.37. The van der Waals surface area contributed by atoms with Gasteiger partial charge in [-0.25, -0.2) is 9.38 Å². The van der Waals surface area contributed by atoms with Gasteiger partial charge in [-0.05, 0) is 37.0 Å². The Balaban J connectivity index is 0.00000338. The molecule has 1 aromatic carbocycles. The number of ether oxygens (including phenoxy) is 1. The van der Waals surface area contributed by atoms with Crippen molar-refractivity contribution in [3.8, 4) is 5.75 Å². The maximum Gasteiger partial charge on any atom is 0.573 e. The van der Waals surface area contributed by atoms with E-state index in [-0.39, 0.29) is 48.8 Å². The molecule has 0 amide bonds. The van der Waals surface area contributed by atoms with Crippen LogP contribution in [-0.4, -0.2) is 36.3 Å². The number of guanidine groups is 2. The van der Waals surface area contributed by atoms with Gasteiger partial charge in [-0.15, -0.1) is 38.0 Å². The van der Waals surface area contributed by atoms with Crippen LogP contribution in [0.2, 0.25) is 0 Å². The fourth-order valence-electron chi connectivity index (χ4n) is 2.37. The van der Waals surface area contributed by atoms with Crippen LogP contribution in [-0.2, 0) is 6.54 Å². The lowest BCUT2D eigenvalue weighted by Gasteiger charge is -2.27. The first-order valence-electron chi connectivity index (χ1n) is 7.68. The van der Waals surface area contributed by atoms with Gasteiger partial charge in [-0.3, -0.25) is 0 Å². The minimum atomic E-state index is -4.98. The van der Waals surface area contributed by atoms with Gasteiger partial charge < -0.3 is 21.1 Å². The summed E-state index contributed by atoms with van der Waals surface area (Å²) in [6, 6.07) is 3.07. The van der Waals surface area contributed by atoms with Crippen molar-refractivity contribution in [2.75, 3.05) is 13.1 Å². The number of likely N-dealkylation sites (tertiary alicyclic amines) is 1. The molecule has 1 aliphatic heterocycles. The number of nitrogens with zero attached hydrogens (tertiary/aromatic N) is 3. The molecule has 0 atom stereocenters. The van der Waals surface area contributed by atoms with Crippen molar-refractivity contribution in [3.63, 3.8) is 0 Å². The van der Waals surface area contributed by atoms with Crippen LogP contribution < -0.4 is 16.2 Å². The van der Waals surface area contributed by atoms with Crippen molar-refractivity contribution >= 4 is 36.7 Å². The van der Waals surface area contributed by atoms with Gasteiger partial charge in [0.15, 0.2) is 17.5 Å². The molecule has 1 aromatic rings. The van der Waals surface area contributed by atoms with Crippen molar-refractivity contribution in [3.05, 3.63) is 29.6 Å². The van der Waals surface area contributed by atoms with Crippen molar-refractivity contribution < 1.29 is 22.3 Å². The van der Waals surface area contributed by atoms with Gasteiger partial charge in [0, 0.05) is 13.1 Å². The summed E-state index contributed by atoms with van der Waals surface area (Å²) in [6.07, 6.45) is -1.80. The van der Waals surface area contributed by atoms with Crippen molar-refractivity contribution in [2.45, 2.75) is 32.2 Å². The van der Waals surface area contributed by atoms with Crippen LogP contribution in [0, 0.1) is 5.82 Å². The number of halogens is 6. The molecule has 1 heterocycles. The average Bonchev–Trinajstić information content (AvgIpc) is 2.55. The third kappa shape index (κ3) is 8.53. The highest BCUT2D eigenvalue weighted by atomic mass is 35.5. The Morgan fingerprint density at radius 1 is 1.11 bits per heavy atom. The summed E-state index contributed by atoms with van der Waals surface area (Å²) >= 11 is 0. The highest BCUT2D eigenvalue weighted by Crippen LogP contribution is 2.26. The topological polar surface area (TPSA) is 89.2 Å². The summed E-state index contributed by atoms with van der Waals surface area (Å²) in [7, 11) is 0. The van der Waals surface area contributed by atoms with Gasteiger partial charge in [0.25, 0.3) is 0 Å². The lowest BCUT2D eigenvalue weighted by molar-refractivity contribution is -0.275. The van der Waals surface area contributed by atoms with Gasteiger partial charge >= 0.3 is 6.36 Å².